The Morgan fingerprint density at radius 2 is 1.80 bits per heavy atom. The standard InChI is InChI=1S/C26H50N4/c1-7-9-20-10-11-21-23-13-12-22(18(3)17-30(28)29-19(4)27)26(23,6)16-14-24(21)25(20,5)15-8-2/h18,20-24H,7-17,28H2,1-6H3,(H2,27,29)/t18-,20?,21?,22?,23?,24?,25?,26?/m1/s1. The second-order valence-corrected chi connectivity index (χ2v) is 11.8. The molecule has 174 valence electrons. The average molecular weight is 419 g/mol. The highest BCUT2D eigenvalue weighted by Gasteiger charge is 2.59. The van der Waals surface area contributed by atoms with Crippen LogP contribution in [0.3, 0.4) is 0 Å². The van der Waals surface area contributed by atoms with Gasteiger partial charge in [-0.05, 0) is 98.2 Å². The molecule has 0 saturated heterocycles. The van der Waals surface area contributed by atoms with Gasteiger partial charge in [-0.1, -0.05) is 53.9 Å². The predicted octanol–water partition coefficient (Wildman–Crippen LogP) is 6.17. The Hall–Kier alpha value is -0.770. The van der Waals surface area contributed by atoms with Gasteiger partial charge in [-0.15, -0.1) is 5.10 Å². The number of hydrogen-bond donors (Lipinski definition) is 2. The highest BCUT2D eigenvalue weighted by Crippen LogP contribution is 2.67. The molecule has 0 bridgehead atoms. The highest BCUT2D eigenvalue weighted by molar-refractivity contribution is 5.77. The van der Waals surface area contributed by atoms with E-state index in [9.17, 15) is 0 Å². The first-order chi connectivity index (χ1) is 14.2. The minimum atomic E-state index is 0.480. The Labute approximate surface area is 186 Å². The van der Waals surface area contributed by atoms with Crippen molar-refractivity contribution in [1.82, 2.24) is 5.12 Å². The van der Waals surface area contributed by atoms with Gasteiger partial charge in [0, 0.05) is 0 Å². The summed E-state index contributed by atoms with van der Waals surface area (Å²) >= 11 is 0. The Bertz CT molecular complexity index is 600. The van der Waals surface area contributed by atoms with Gasteiger partial charge in [0.05, 0.1) is 6.54 Å². The maximum atomic E-state index is 6.14. The fourth-order valence-electron chi connectivity index (χ4n) is 8.93. The molecule has 30 heavy (non-hydrogen) atoms. The second kappa shape index (κ2) is 9.38. The molecule has 3 fully saturated rings. The Morgan fingerprint density at radius 1 is 1.07 bits per heavy atom. The zero-order valence-electron chi connectivity index (χ0n) is 20.8. The first kappa shape index (κ1) is 23.9. The quantitative estimate of drug-likeness (QED) is 0.214. The summed E-state index contributed by atoms with van der Waals surface area (Å²) in [5.74, 6) is 11.8. The Balaban J connectivity index is 1.77. The lowest BCUT2D eigenvalue weighted by Crippen LogP contribution is -2.52. The molecule has 7 unspecified atom stereocenters. The third-order valence-corrected chi connectivity index (χ3v) is 10.0. The number of hydrogen-bond acceptors (Lipinski definition) is 3. The number of hydrazine groups is 1. The summed E-state index contributed by atoms with van der Waals surface area (Å²) < 4.78 is 0. The number of amidine groups is 1. The molecular formula is C26H50N4. The van der Waals surface area contributed by atoms with E-state index in [0.29, 0.717) is 22.6 Å². The van der Waals surface area contributed by atoms with Crippen LogP contribution in [0.5, 0.6) is 0 Å². The molecule has 8 atom stereocenters. The molecule has 0 spiro atoms. The van der Waals surface area contributed by atoms with Crippen LogP contribution in [0.4, 0.5) is 0 Å². The lowest BCUT2D eigenvalue weighted by molar-refractivity contribution is -0.106. The van der Waals surface area contributed by atoms with Gasteiger partial charge in [-0.25, -0.2) is 11.0 Å². The van der Waals surface area contributed by atoms with Crippen molar-refractivity contribution < 1.29 is 0 Å². The largest absolute Gasteiger partial charge is 0.386 e. The summed E-state index contributed by atoms with van der Waals surface area (Å²) in [5, 5.41) is 5.83. The first-order valence-corrected chi connectivity index (χ1v) is 13.0. The summed E-state index contributed by atoms with van der Waals surface area (Å²) in [6, 6.07) is 0. The molecule has 3 saturated carbocycles. The monoisotopic (exact) mass is 418 g/mol. The lowest BCUT2D eigenvalue weighted by Gasteiger charge is -2.60. The summed E-state index contributed by atoms with van der Waals surface area (Å²) in [4.78, 5) is 0. The van der Waals surface area contributed by atoms with Crippen LogP contribution in [0.1, 0.15) is 106 Å². The molecular weight excluding hydrogens is 368 g/mol. The molecule has 4 heteroatoms. The maximum Gasteiger partial charge on any atom is 0.118 e. The third-order valence-electron chi connectivity index (χ3n) is 10.0. The minimum absolute atomic E-state index is 0.480. The molecule has 3 aliphatic carbocycles. The van der Waals surface area contributed by atoms with E-state index in [2.05, 4.69) is 39.7 Å². The maximum absolute atomic E-state index is 6.14. The van der Waals surface area contributed by atoms with Gasteiger partial charge >= 0.3 is 0 Å². The van der Waals surface area contributed by atoms with Crippen LogP contribution in [-0.2, 0) is 0 Å². The van der Waals surface area contributed by atoms with E-state index >= 15 is 0 Å². The Kier molecular flexibility index (Phi) is 7.47. The molecule has 3 rings (SSSR count). The minimum Gasteiger partial charge on any atom is -0.386 e. The van der Waals surface area contributed by atoms with Crippen molar-refractivity contribution in [3.8, 4) is 0 Å². The highest BCUT2D eigenvalue weighted by atomic mass is 15.6. The molecule has 0 heterocycles. The van der Waals surface area contributed by atoms with Gasteiger partial charge in [-0.2, -0.15) is 0 Å². The number of hydrazone groups is 1. The zero-order chi connectivity index (χ0) is 22.1. The zero-order valence-corrected chi connectivity index (χ0v) is 20.8. The lowest BCUT2D eigenvalue weighted by atomic mass is 9.45. The normalized spacial score (nSPS) is 42.5. The van der Waals surface area contributed by atoms with Crippen molar-refractivity contribution in [2.45, 2.75) is 106 Å². The topological polar surface area (TPSA) is 67.6 Å². The SMILES string of the molecule is CCCC1CCC2C(CCC3(C)C2CCC3[C@H](C)CN(N)/N=C(/C)N)C1(C)CCC. The van der Waals surface area contributed by atoms with Gasteiger partial charge in [0.2, 0.25) is 0 Å². The molecule has 4 nitrogen and oxygen atoms in total. The summed E-state index contributed by atoms with van der Waals surface area (Å²) in [6.45, 7) is 15.1. The molecule has 3 aliphatic rings. The van der Waals surface area contributed by atoms with E-state index in [4.69, 9.17) is 11.6 Å². The van der Waals surface area contributed by atoms with E-state index in [1.54, 1.807) is 12.0 Å². The Morgan fingerprint density at radius 3 is 2.43 bits per heavy atom. The van der Waals surface area contributed by atoms with E-state index < -0.39 is 0 Å². The number of fused-ring (bicyclic) bond motifs is 3. The van der Waals surface area contributed by atoms with Crippen LogP contribution in [0.25, 0.3) is 0 Å². The van der Waals surface area contributed by atoms with Crippen molar-refractivity contribution in [3.05, 3.63) is 0 Å². The second-order valence-electron chi connectivity index (χ2n) is 11.8. The third kappa shape index (κ3) is 4.27. The van der Waals surface area contributed by atoms with Crippen LogP contribution in [-0.4, -0.2) is 17.5 Å². The summed E-state index contributed by atoms with van der Waals surface area (Å²) in [7, 11) is 0. The molecule has 0 aliphatic heterocycles. The van der Waals surface area contributed by atoms with E-state index in [-0.39, 0.29) is 0 Å². The smallest absolute Gasteiger partial charge is 0.118 e. The summed E-state index contributed by atoms with van der Waals surface area (Å²) in [6.07, 6.45) is 14.2. The molecule has 0 aromatic carbocycles. The van der Waals surface area contributed by atoms with Crippen molar-refractivity contribution in [1.29, 1.82) is 0 Å². The van der Waals surface area contributed by atoms with Crippen LogP contribution in [0.15, 0.2) is 5.10 Å². The number of rotatable bonds is 8. The van der Waals surface area contributed by atoms with Gasteiger partial charge in [0.1, 0.15) is 5.84 Å². The van der Waals surface area contributed by atoms with E-state index in [1.165, 1.54) is 64.2 Å². The number of nitrogens with two attached hydrogens (primary N) is 2. The number of nitrogens with zero attached hydrogens (tertiary/aromatic N) is 2. The molecule has 0 aromatic rings. The van der Waals surface area contributed by atoms with Crippen LogP contribution < -0.4 is 11.6 Å². The van der Waals surface area contributed by atoms with E-state index in [1.807, 2.05) is 0 Å². The molecule has 0 aromatic heterocycles. The fraction of sp³-hybridized carbons (Fsp3) is 0.962. The van der Waals surface area contributed by atoms with Crippen molar-refractivity contribution in [2.24, 2.45) is 63.0 Å². The van der Waals surface area contributed by atoms with Gasteiger partial charge in [0.15, 0.2) is 0 Å². The van der Waals surface area contributed by atoms with Crippen LogP contribution in [0, 0.1) is 46.3 Å². The first-order valence-electron chi connectivity index (χ1n) is 13.0. The fourth-order valence-corrected chi connectivity index (χ4v) is 8.93. The van der Waals surface area contributed by atoms with Gasteiger partial charge in [-0.3, -0.25) is 0 Å². The predicted molar refractivity (Wildman–Crippen MR) is 129 cm³/mol. The average Bonchev–Trinajstić information content (AvgIpc) is 3.01. The van der Waals surface area contributed by atoms with Crippen molar-refractivity contribution in [2.75, 3.05) is 6.54 Å². The molecule has 0 amide bonds. The van der Waals surface area contributed by atoms with Crippen LogP contribution in [0.2, 0.25) is 0 Å². The van der Waals surface area contributed by atoms with E-state index in [0.717, 1.165) is 36.1 Å². The van der Waals surface area contributed by atoms with Gasteiger partial charge in [0.25, 0.3) is 0 Å². The molecule has 4 N–H and O–H groups in total. The van der Waals surface area contributed by atoms with Gasteiger partial charge < -0.3 is 5.73 Å². The molecule has 0 radical (unpaired) electrons. The van der Waals surface area contributed by atoms with Crippen molar-refractivity contribution in [3.63, 3.8) is 0 Å². The van der Waals surface area contributed by atoms with Crippen LogP contribution >= 0.6 is 0 Å². The van der Waals surface area contributed by atoms with Crippen molar-refractivity contribution >= 4 is 5.84 Å². The summed E-state index contributed by atoms with van der Waals surface area (Å²) in [5.41, 5.74) is 6.79.